The molecule has 0 bridgehead atoms. The lowest BCUT2D eigenvalue weighted by Crippen LogP contribution is -2.36. The average Bonchev–Trinajstić information content (AvgIpc) is 3.12. The Labute approximate surface area is 148 Å². The molecule has 0 spiro atoms. The summed E-state index contributed by atoms with van der Waals surface area (Å²) in [5.74, 6) is 2.15. The maximum atomic E-state index is 6.02. The molecule has 2 heterocycles. The third-order valence-corrected chi connectivity index (χ3v) is 5.24. The van der Waals surface area contributed by atoms with E-state index in [1.165, 1.54) is 5.56 Å². The minimum absolute atomic E-state index is 0.349. The van der Waals surface area contributed by atoms with Crippen LogP contribution in [0.4, 0.5) is 0 Å². The highest BCUT2D eigenvalue weighted by atomic mass is 16.5. The molecule has 0 unspecified atom stereocenters. The highest BCUT2D eigenvalue weighted by Crippen LogP contribution is 2.33. The largest absolute Gasteiger partial charge is 0.497 e. The molecule has 0 saturated carbocycles. The molecule has 1 aliphatic rings. The molecule has 0 aliphatic carbocycles. The van der Waals surface area contributed by atoms with Gasteiger partial charge >= 0.3 is 0 Å². The molecule has 1 aliphatic heterocycles. The number of aromatic nitrogens is 1. The molecule has 2 aromatic carbocycles. The molecule has 0 amide bonds. The van der Waals surface area contributed by atoms with Gasteiger partial charge in [-0.05, 0) is 56.1 Å². The Morgan fingerprint density at radius 3 is 2.92 bits per heavy atom. The maximum Gasteiger partial charge on any atom is 0.199 e. The van der Waals surface area contributed by atoms with E-state index in [0.29, 0.717) is 12.0 Å². The zero-order valence-electron chi connectivity index (χ0n) is 14.8. The van der Waals surface area contributed by atoms with Gasteiger partial charge in [0, 0.05) is 18.5 Å². The fourth-order valence-corrected chi connectivity index (χ4v) is 3.74. The minimum atomic E-state index is 0.349. The second-order valence-corrected chi connectivity index (χ2v) is 6.81. The number of rotatable bonds is 4. The molecular formula is C21H24N2O2. The van der Waals surface area contributed by atoms with Gasteiger partial charge in [0.15, 0.2) is 11.5 Å². The lowest BCUT2D eigenvalue weighted by atomic mass is 9.95. The summed E-state index contributed by atoms with van der Waals surface area (Å²) in [6, 6.07) is 16.7. The van der Waals surface area contributed by atoms with Crippen LogP contribution in [-0.4, -0.2) is 30.1 Å². The van der Waals surface area contributed by atoms with Crippen molar-refractivity contribution in [1.82, 2.24) is 9.88 Å². The van der Waals surface area contributed by atoms with E-state index in [2.05, 4.69) is 30.0 Å². The van der Waals surface area contributed by atoms with Crippen molar-refractivity contribution in [3.8, 4) is 5.75 Å². The number of para-hydroxylation sites is 2. The molecule has 4 rings (SSSR count). The summed E-state index contributed by atoms with van der Waals surface area (Å²) in [6.07, 6.45) is 2.30. The van der Waals surface area contributed by atoms with Gasteiger partial charge in [0.2, 0.25) is 0 Å². The number of methoxy groups -OCH3 is 1. The molecule has 25 heavy (non-hydrogen) atoms. The quantitative estimate of drug-likeness (QED) is 0.687. The summed E-state index contributed by atoms with van der Waals surface area (Å²) in [7, 11) is 1.72. The molecule has 4 nitrogen and oxygen atoms in total. The van der Waals surface area contributed by atoms with Gasteiger partial charge in [0.25, 0.3) is 0 Å². The van der Waals surface area contributed by atoms with Crippen molar-refractivity contribution in [2.24, 2.45) is 0 Å². The summed E-state index contributed by atoms with van der Waals surface area (Å²) in [5, 5.41) is 0. The molecule has 2 atom stereocenters. The highest BCUT2D eigenvalue weighted by molar-refractivity contribution is 5.72. The molecule has 130 valence electrons. The van der Waals surface area contributed by atoms with Gasteiger partial charge in [-0.1, -0.05) is 24.3 Å². The van der Waals surface area contributed by atoms with E-state index in [0.717, 1.165) is 48.7 Å². The number of fused-ring (bicyclic) bond motifs is 1. The SMILES string of the molecule is COc1cccc([C@H](C)N2CCC[C@@H](c3nc4ccccc4o3)C2)c1. The fourth-order valence-electron chi connectivity index (χ4n) is 3.74. The third kappa shape index (κ3) is 3.27. The lowest BCUT2D eigenvalue weighted by Gasteiger charge is -2.36. The van der Waals surface area contributed by atoms with Crippen molar-refractivity contribution >= 4 is 11.1 Å². The predicted molar refractivity (Wildman–Crippen MR) is 99.0 cm³/mol. The Balaban J connectivity index is 1.53. The summed E-state index contributed by atoms with van der Waals surface area (Å²) >= 11 is 0. The van der Waals surface area contributed by atoms with Crippen LogP contribution in [0.5, 0.6) is 5.75 Å². The van der Waals surface area contributed by atoms with Crippen molar-refractivity contribution in [2.45, 2.75) is 31.7 Å². The monoisotopic (exact) mass is 336 g/mol. The summed E-state index contributed by atoms with van der Waals surface area (Å²) in [4.78, 5) is 7.24. The summed E-state index contributed by atoms with van der Waals surface area (Å²) in [5.41, 5.74) is 3.13. The number of nitrogens with zero attached hydrogens (tertiary/aromatic N) is 2. The number of hydrogen-bond donors (Lipinski definition) is 0. The average molecular weight is 336 g/mol. The van der Waals surface area contributed by atoms with Gasteiger partial charge in [-0.15, -0.1) is 0 Å². The van der Waals surface area contributed by atoms with E-state index >= 15 is 0 Å². The smallest absolute Gasteiger partial charge is 0.199 e. The maximum absolute atomic E-state index is 6.02. The topological polar surface area (TPSA) is 38.5 Å². The van der Waals surface area contributed by atoms with Gasteiger partial charge in [0.05, 0.1) is 7.11 Å². The van der Waals surface area contributed by atoms with Crippen molar-refractivity contribution in [2.75, 3.05) is 20.2 Å². The Kier molecular flexibility index (Phi) is 4.45. The molecule has 0 N–H and O–H groups in total. The number of benzene rings is 2. The van der Waals surface area contributed by atoms with E-state index in [-0.39, 0.29) is 0 Å². The van der Waals surface area contributed by atoms with E-state index in [1.54, 1.807) is 7.11 Å². The third-order valence-electron chi connectivity index (χ3n) is 5.24. The Morgan fingerprint density at radius 1 is 1.20 bits per heavy atom. The first-order valence-corrected chi connectivity index (χ1v) is 8.98. The highest BCUT2D eigenvalue weighted by Gasteiger charge is 2.28. The Hall–Kier alpha value is -2.33. The van der Waals surface area contributed by atoms with Crippen LogP contribution in [0, 0.1) is 0 Å². The van der Waals surface area contributed by atoms with Crippen LogP contribution in [0.3, 0.4) is 0 Å². The van der Waals surface area contributed by atoms with Gasteiger partial charge in [0.1, 0.15) is 11.3 Å². The molecule has 0 radical (unpaired) electrons. The van der Waals surface area contributed by atoms with Gasteiger partial charge in [-0.3, -0.25) is 4.90 Å². The second-order valence-electron chi connectivity index (χ2n) is 6.81. The van der Waals surface area contributed by atoms with Crippen LogP contribution < -0.4 is 4.74 Å². The van der Waals surface area contributed by atoms with Crippen LogP contribution in [0.25, 0.3) is 11.1 Å². The predicted octanol–water partition coefficient (Wildman–Crippen LogP) is 4.78. The van der Waals surface area contributed by atoms with Crippen LogP contribution in [-0.2, 0) is 0 Å². The first-order chi connectivity index (χ1) is 12.2. The normalized spacial score (nSPS) is 19.8. The number of oxazole rings is 1. The van der Waals surface area contributed by atoms with Crippen molar-refractivity contribution in [3.05, 3.63) is 60.0 Å². The zero-order chi connectivity index (χ0) is 17.2. The Bertz CT molecular complexity index is 825. The number of likely N-dealkylation sites (tertiary alicyclic amines) is 1. The van der Waals surface area contributed by atoms with E-state index in [1.807, 2.05) is 30.3 Å². The van der Waals surface area contributed by atoms with E-state index in [4.69, 9.17) is 14.1 Å². The van der Waals surface area contributed by atoms with Gasteiger partial charge in [-0.25, -0.2) is 4.98 Å². The number of ether oxygens (including phenoxy) is 1. The van der Waals surface area contributed by atoms with Crippen molar-refractivity contribution in [1.29, 1.82) is 0 Å². The molecule has 1 saturated heterocycles. The standard InChI is InChI=1S/C21H24N2O2/c1-15(16-7-5-9-18(13-16)24-2)23-12-6-8-17(14-23)21-22-19-10-3-4-11-20(19)25-21/h3-5,7,9-11,13,15,17H,6,8,12,14H2,1-2H3/t15-,17+/m0/s1. The molecular weight excluding hydrogens is 312 g/mol. The summed E-state index contributed by atoms with van der Waals surface area (Å²) < 4.78 is 11.4. The van der Waals surface area contributed by atoms with Crippen molar-refractivity contribution in [3.63, 3.8) is 0 Å². The second kappa shape index (κ2) is 6.89. The minimum Gasteiger partial charge on any atom is -0.497 e. The zero-order valence-corrected chi connectivity index (χ0v) is 14.8. The van der Waals surface area contributed by atoms with Crippen LogP contribution in [0.2, 0.25) is 0 Å². The number of hydrogen-bond acceptors (Lipinski definition) is 4. The molecule has 3 aromatic rings. The fraction of sp³-hybridized carbons (Fsp3) is 0.381. The molecule has 1 aromatic heterocycles. The van der Waals surface area contributed by atoms with Crippen LogP contribution in [0.1, 0.15) is 43.2 Å². The summed E-state index contributed by atoms with van der Waals surface area (Å²) in [6.45, 7) is 4.35. The van der Waals surface area contributed by atoms with Crippen LogP contribution in [0.15, 0.2) is 52.9 Å². The first kappa shape index (κ1) is 16.2. The van der Waals surface area contributed by atoms with E-state index < -0.39 is 0 Å². The van der Waals surface area contributed by atoms with Gasteiger partial charge in [-0.2, -0.15) is 0 Å². The lowest BCUT2D eigenvalue weighted by molar-refractivity contribution is 0.149. The first-order valence-electron chi connectivity index (χ1n) is 8.98. The van der Waals surface area contributed by atoms with Crippen molar-refractivity contribution < 1.29 is 9.15 Å². The molecule has 4 heteroatoms. The Morgan fingerprint density at radius 2 is 2.08 bits per heavy atom. The van der Waals surface area contributed by atoms with Crippen LogP contribution >= 0.6 is 0 Å². The molecule has 1 fully saturated rings. The van der Waals surface area contributed by atoms with Gasteiger partial charge < -0.3 is 9.15 Å². The number of piperidine rings is 1. The van der Waals surface area contributed by atoms with E-state index in [9.17, 15) is 0 Å².